The van der Waals surface area contributed by atoms with Gasteiger partial charge in [0, 0.05) is 12.6 Å². The van der Waals surface area contributed by atoms with E-state index in [0.717, 1.165) is 16.9 Å². The molecule has 0 aliphatic heterocycles. The van der Waals surface area contributed by atoms with E-state index in [-0.39, 0.29) is 16.3 Å². The van der Waals surface area contributed by atoms with Gasteiger partial charge in [-0.15, -0.1) is 0 Å². The van der Waals surface area contributed by atoms with Crippen molar-refractivity contribution < 1.29 is 13.9 Å². The Hall–Kier alpha value is -3.06. The van der Waals surface area contributed by atoms with Crippen LogP contribution in [0.25, 0.3) is 0 Å². The van der Waals surface area contributed by atoms with Crippen molar-refractivity contribution in [1.29, 1.82) is 0 Å². The molecule has 0 aliphatic rings. The number of carbonyl (C=O) groups excluding carboxylic acids is 1. The summed E-state index contributed by atoms with van der Waals surface area (Å²) < 4.78 is 19.4. The number of aryl methyl sites for hydroxylation is 1. The Morgan fingerprint density at radius 3 is 2.52 bits per heavy atom. The predicted molar refractivity (Wildman–Crippen MR) is 102 cm³/mol. The van der Waals surface area contributed by atoms with Crippen LogP contribution < -0.4 is 10.4 Å². The standard InChI is InChI=1S/C20H17FN2O3S/c1-26-19(25)17-13-18(24)23(12-11-14-5-3-2-4-6-14)20(27-17)22-16-9-7-15(21)8-10-16/h2-10,13H,11-12H2,1H3. The minimum atomic E-state index is -0.595. The summed E-state index contributed by atoms with van der Waals surface area (Å²) in [6.07, 6.45) is 0.636. The van der Waals surface area contributed by atoms with E-state index in [1.807, 2.05) is 30.3 Å². The molecule has 0 unspecified atom stereocenters. The minimum absolute atomic E-state index is 0.166. The first kappa shape index (κ1) is 18.7. The van der Waals surface area contributed by atoms with E-state index >= 15 is 0 Å². The average Bonchev–Trinajstić information content (AvgIpc) is 2.69. The molecule has 7 heteroatoms. The van der Waals surface area contributed by atoms with E-state index in [1.54, 1.807) is 0 Å². The lowest BCUT2D eigenvalue weighted by Crippen LogP contribution is -2.33. The summed E-state index contributed by atoms with van der Waals surface area (Å²) in [5.74, 6) is -0.967. The van der Waals surface area contributed by atoms with Gasteiger partial charge >= 0.3 is 5.97 Å². The van der Waals surface area contributed by atoms with Crippen LogP contribution in [-0.2, 0) is 17.7 Å². The first-order chi connectivity index (χ1) is 13.1. The van der Waals surface area contributed by atoms with Crippen molar-refractivity contribution in [2.75, 3.05) is 7.11 Å². The number of esters is 1. The van der Waals surface area contributed by atoms with E-state index in [1.165, 1.54) is 42.0 Å². The topological polar surface area (TPSA) is 60.7 Å². The summed E-state index contributed by atoms with van der Waals surface area (Å²) >= 11 is 1.06. The van der Waals surface area contributed by atoms with E-state index in [4.69, 9.17) is 4.74 Å². The normalized spacial score (nSPS) is 11.4. The van der Waals surface area contributed by atoms with Gasteiger partial charge in [0.15, 0.2) is 4.80 Å². The van der Waals surface area contributed by atoms with Gasteiger partial charge in [0.25, 0.3) is 5.56 Å². The molecule has 0 N–H and O–H groups in total. The fraction of sp³-hybridized carbons (Fsp3) is 0.150. The summed E-state index contributed by atoms with van der Waals surface area (Å²) in [4.78, 5) is 29.4. The molecule has 1 aromatic heterocycles. The van der Waals surface area contributed by atoms with E-state index in [0.29, 0.717) is 23.5 Å². The van der Waals surface area contributed by atoms with Gasteiger partial charge in [-0.05, 0) is 36.2 Å². The number of aromatic nitrogens is 1. The van der Waals surface area contributed by atoms with Crippen LogP contribution in [0.5, 0.6) is 0 Å². The number of methoxy groups -OCH3 is 1. The zero-order valence-electron chi connectivity index (χ0n) is 14.6. The third-order valence-corrected chi connectivity index (χ3v) is 4.86. The highest BCUT2D eigenvalue weighted by atomic mass is 32.1. The van der Waals surface area contributed by atoms with Crippen molar-refractivity contribution >= 4 is 23.0 Å². The zero-order valence-corrected chi connectivity index (χ0v) is 15.4. The third kappa shape index (κ3) is 4.77. The summed E-state index contributed by atoms with van der Waals surface area (Å²) in [6.45, 7) is 0.404. The smallest absolute Gasteiger partial charge is 0.348 e. The fourth-order valence-electron chi connectivity index (χ4n) is 2.47. The molecular formula is C20H17FN2O3S. The molecule has 1 heterocycles. The number of ether oxygens (including phenoxy) is 1. The van der Waals surface area contributed by atoms with Gasteiger partial charge in [-0.2, -0.15) is 0 Å². The number of benzene rings is 2. The largest absolute Gasteiger partial charge is 0.465 e. The zero-order chi connectivity index (χ0) is 19.2. The molecule has 0 amide bonds. The Balaban J connectivity index is 2.06. The molecule has 0 bridgehead atoms. The molecule has 5 nitrogen and oxygen atoms in total. The molecule has 0 spiro atoms. The first-order valence-corrected chi connectivity index (χ1v) is 9.06. The highest BCUT2D eigenvalue weighted by Gasteiger charge is 2.11. The fourth-order valence-corrected chi connectivity index (χ4v) is 3.43. The molecule has 3 aromatic rings. The van der Waals surface area contributed by atoms with Crippen molar-refractivity contribution in [2.24, 2.45) is 4.99 Å². The quantitative estimate of drug-likeness (QED) is 0.634. The van der Waals surface area contributed by atoms with Crippen LogP contribution >= 0.6 is 11.3 Å². The maximum atomic E-state index is 13.1. The third-order valence-electron chi connectivity index (χ3n) is 3.86. The molecule has 27 heavy (non-hydrogen) atoms. The maximum Gasteiger partial charge on any atom is 0.348 e. The van der Waals surface area contributed by atoms with E-state index in [9.17, 15) is 14.0 Å². The highest BCUT2D eigenvalue weighted by Crippen LogP contribution is 2.12. The van der Waals surface area contributed by atoms with Gasteiger partial charge in [-0.1, -0.05) is 41.7 Å². The number of nitrogens with zero attached hydrogens (tertiary/aromatic N) is 2. The number of carbonyl (C=O) groups is 1. The summed E-state index contributed by atoms with van der Waals surface area (Å²) in [5.41, 5.74) is 1.23. The van der Waals surface area contributed by atoms with E-state index < -0.39 is 5.97 Å². The van der Waals surface area contributed by atoms with Crippen LogP contribution in [0, 0.1) is 5.82 Å². The Labute approximate surface area is 159 Å². The van der Waals surface area contributed by atoms with Gasteiger partial charge in [0.1, 0.15) is 10.7 Å². The van der Waals surface area contributed by atoms with Crippen LogP contribution in [0.4, 0.5) is 10.1 Å². The lowest BCUT2D eigenvalue weighted by atomic mass is 10.1. The van der Waals surface area contributed by atoms with Crippen molar-refractivity contribution in [3.8, 4) is 0 Å². The van der Waals surface area contributed by atoms with Gasteiger partial charge in [-0.25, -0.2) is 14.2 Å². The summed E-state index contributed by atoms with van der Waals surface area (Å²) in [6, 6.07) is 16.6. The molecule has 0 atom stereocenters. The Kier molecular flexibility index (Phi) is 5.93. The number of hydrogen-bond acceptors (Lipinski definition) is 5. The molecule has 138 valence electrons. The molecule has 3 rings (SSSR count). The molecule has 0 saturated heterocycles. The Bertz CT molecular complexity index is 1060. The lowest BCUT2D eigenvalue weighted by Gasteiger charge is -2.08. The van der Waals surface area contributed by atoms with Crippen molar-refractivity contribution in [2.45, 2.75) is 13.0 Å². The van der Waals surface area contributed by atoms with Crippen molar-refractivity contribution in [3.63, 3.8) is 0 Å². The van der Waals surface area contributed by atoms with Crippen molar-refractivity contribution in [1.82, 2.24) is 4.57 Å². The number of halogens is 1. The molecule has 0 radical (unpaired) electrons. The Morgan fingerprint density at radius 1 is 1.15 bits per heavy atom. The van der Waals surface area contributed by atoms with Gasteiger partial charge < -0.3 is 4.74 Å². The second-order valence-electron chi connectivity index (χ2n) is 5.70. The molecule has 0 fully saturated rings. The van der Waals surface area contributed by atoms with Crippen LogP contribution in [0.3, 0.4) is 0 Å². The van der Waals surface area contributed by atoms with Gasteiger partial charge in [-0.3, -0.25) is 9.36 Å². The van der Waals surface area contributed by atoms with Crippen LogP contribution in [0.2, 0.25) is 0 Å². The second kappa shape index (κ2) is 8.55. The summed E-state index contributed by atoms with van der Waals surface area (Å²) in [7, 11) is 1.26. The predicted octanol–water partition coefficient (Wildman–Crippen LogP) is 3.31. The SMILES string of the molecule is COC(=O)c1cc(=O)n(CCc2ccccc2)c(=Nc2ccc(F)cc2)s1. The summed E-state index contributed by atoms with van der Waals surface area (Å²) in [5, 5.41) is 0. The highest BCUT2D eigenvalue weighted by molar-refractivity contribution is 7.11. The molecule has 0 aliphatic carbocycles. The molecule has 2 aromatic carbocycles. The number of hydrogen-bond donors (Lipinski definition) is 0. The lowest BCUT2D eigenvalue weighted by molar-refractivity contribution is 0.0605. The Morgan fingerprint density at radius 2 is 1.85 bits per heavy atom. The minimum Gasteiger partial charge on any atom is -0.465 e. The average molecular weight is 384 g/mol. The van der Waals surface area contributed by atoms with Crippen LogP contribution in [0.1, 0.15) is 15.2 Å². The number of rotatable bonds is 5. The van der Waals surface area contributed by atoms with Gasteiger partial charge in [0.2, 0.25) is 0 Å². The first-order valence-electron chi connectivity index (χ1n) is 8.24. The second-order valence-corrected chi connectivity index (χ2v) is 6.71. The monoisotopic (exact) mass is 384 g/mol. The van der Waals surface area contributed by atoms with Crippen molar-refractivity contribution in [3.05, 3.63) is 92.1 Å². The maximum absolute atomic E-state index is 13.1. The van der Waals surface area contributed by atoms with E-state index in [2.05, 4.69) is 4.99 Å². The van der Waals surface area contributed by atoms with Gasteiger partial charge in [0.05, 0.1) is 12.8 Å². The van der Waals surface area contributed by atoms with Crippen LogP contribution in [0.15, 0.2) is 70.5 Å². The molecular weight excluding hydrogens is 367 g/mol. The van der Waals surface area contributed by atoms with Crippen LogP contribution in [-0.4, -0.2) is 17.6 Å². The molecule has 0 saturated carbocycles.